The predicted octanol–water partition coefficient (Wildman–Crippen LogP) is 0.199. The van der Waals surface area contributed by atoms with E-state index in [4.69, 9.17) is 5.73 Å². The number of carbonyl (C=O) groups excluding carboxylic acids is 3. The van der Waals surface area contributed by atoms with Crippen molar-refractivity contribution in [2.45, 2.75) is 43.9 Å². The summed E-state index contributed by atoms with van der Waals surface area (Å²) in [4.78, 5) is 40.8. The van der Waals surface area contributed by atoms with Crippen molar-refractivity contribution in [2.24, 2.45) is 5.73 Å². The molecule has 2 atom stereocenters. The molecule has 146 valence electrons. The van der Waals surface area contributed by atoms with Gasteiger partial charge in [-0.1, -0.05) is 30.3 Å². The summed E-state index contributed by atoms with van der Waals surface area (Å²) in [6.07, 6.45) is 2.27. The van der Waals surface area contributed by atoms with Crippen LogP contribution in [0.5, 0.6) is 0 Å². The monoisotopic (exact) mass is 374 g/mol. The van der Waals surface area contributed by atoms with Crippen LogP contribution in [0.1, 0.15) is 31.2 Å². The number of primary amides is 1. The van der Waals surface area contributed by atoms with Crippen LogP contribution in [0.15, 0.2) is 30.3 Å². The highest BCUT2D eigenvalue weighted by Gasteiger charge is 2.56. The summed E-state index contributed by atoms with van der Waals surface area (Å²) in [5.74, 6) is -0.975. The molecule has 2 saturated heterocycles. The van der Waals surface area contributed by atoms with Crippen molar-refractivity contribution in [3.8, 4) is 0 Å². The van der Waals surface area contributed by atoms with Crippen molar-refractivity contribution in [3.63, 3.8) is 0 Å². The lowest BCUT2D eigenvalue weighted by molar-refractivity contribution is -0.144. The SMILES string of the molecule is NC(=O)[C@]1(N2CCC[C@H]2C(=O)CO)CCCN1C(=O)NCc1ccccc1. The Bertz CT molecular complexity index is 711. The number of hydrogen-bond donors (Lipinski definition) is 3. The highest BCUT2D eigenvalue weighted by Crippen LogP contribution is 2.38. The fourth-order valence-electron chi connectivity index (χ4n) is 4.29. The Morgan fingerprint density at radius 2 is 1.93 bits per heavy atom. The Labute approximate surface area is 158 Å². The second-order valence-electron chi connectivity index (χ2n) is 7.06. The van der Waals surface area contributed by atoms with E-state index >= 15 is 0 Å². The third-order valence-electron chi connectivity index (χ3n) is 5.54. The van der Waals surface area contributed by atoms with Gasteiger partial charge in [0.05, 0.1) is 6.04 Å². The molecule has 2 heterocycles. The van der Waals surface area contributed by atoms with Crippen LogP contribution in [0.2, 0.25) is 0 Å². The lowest BCUT2D eigenvalue weighted by Crippen LogP contribution is -2.69. The number of nitrogens with zero attached hydrogens (tertiary/aromatic N) is 2. The van der Waals surface area contributed by atoms with E-state index in [2.05, 4.69) is 5.32 Å². The Morgan fingerprint density at radius 1 is 1.19 bits per heavy atom. The summed E-state index contributed by atoms with van der Waals surface area (Å²) in [7, 11) is 0. The molecule has 2 aliphatic heterocycles. The number of urea groups is 1. The number of amides is 3. The van der Waals surface area contributed by atoms with E-state index < -0.39 is 24.2 Å². The first-order valence-corrected chi connectivity index (χ1v) is 9.30. The van der Waals surface area contributed by atoms with Gasteiger partial charge in [-0.05, 0) is 31.2 Å². The van der Waals surface area contributed by atoms with Crippen LogP contribution in [0.25, 0.3) is 0 Å². The third-order valence-corrected chi connectivity index (χ3v) is 5.54. The minimum atomic E-state index is -1.33. The topological polar surface area (TPSA) is 116 Å². The second-order valence-corrected chi connectivity index (χ2v) is 7.06. The molecule has 3 amide bonds. The molecule has 2 fully saturated rings. The fraction of sp³-hybridized carbons (Fsp3) is 0.526. The van der Waals surface area contributed by atoms with E-state index in [-0.39, 0.29) is 11.8 Å². The molecule has 0 spiro atoms. The van der Waals surface area contributed by atoms with E-state index in [1.54, 1.807) is 4.90 Å². The van der Waals surface area contributed by atoms with Crippen molar-refractivity contribution in [1.82, 2.24) is 15.1 Å². The van der Waals surface area contributed by atoms with Crippen molar-refractivity contribution in [3.05, 3.63) is 35.9 Å². The van der Waals surface area contributed by atoms with Crippen molar-refractivity contribution < 1.29 is 19.5 Å². The average Bonchev–Trinajstić information content (AvgIpc) is 3.33. The van der Waals surface area contributed by atoms with E-state index in [1.165, 1.54) is 4.90 Å². The van der Waals surface area contributed by atoms with Crippen LogP contribution in [-0.4, -0.2) is 64.0 Å². The maximum Gasteiger partial charge on any atom is 0.319 e. The summed E-state index contributed by atoms with van der Waals surface area (Å²) in [5.41, 5.74) is 5.40. The molecule has 1 aromatic rings. The number of nitrogens with one attached hydrogen (secondary N) is 1. The van der Waals surface area contributed by atoms with Gasteiger partial charge in [0, 0.05) is 19.6 Å². The maximum atomic E-state index is 12.9. The van der Waals surface area contributed by atoms with E-state index in [9.17, 15) is 19.5 Å². The van der Waals surface area contributed by atoms with Gasteiger partial charge in [-0.2, -0.15) is 0 Å². The molecule has 0 aromatic heterocycles. The lowest BCUT2D eigenvalue weighted by atomic mass is 10.0. The second kappa shape index (κ2) is 8.06. The summed E-state index contributed by atoms with van der Waals surface area (Å²) < 4.78 is 0. The van der Waals surface area contributed by atoms with Gasteiger partial charge in [-0.15, -0.1) is 0 Å². The summed E-state index contributed by atoms with van der Waals surface area (Å²) >= 11 is 0. The van der Waals surface area contributed by atoms with Gasteiger partial charge in [0.2, 0.25) is 0 Å². The van der Waals surface area contributed by atoms with Gasteiger partial charge in [0.1, 0.15) is 6.61 Å². The van der Waals surface area contributed by atoms with Crippen LogP contribution in [0.3, 0.4) is 0 Å². The zero-order chi connectivity index (χ0) is 19.4. The first kappa shape index (κ1) is 19.3. The smallest absolute Gasteiger partial charge is 0.319 e. The largest absolute Gasteiger partial charge is 0.389 e. The highest BCUT2D eigenvalue weighted by atomic mass is 16.3. The fourth-order valence-corrected chi connectivity index (χ4v) is 4.29. The Balaban J connectivity index is 1.82. The van der Waals surface area contributed by atoms with Crippen LogP contribution >= 0.6 is 0 Å². The molecular weight excluding hydrogens is 348 g/mol. The van der Waals surface area contributed by atoms with Crippen LogP contribution < -0.4 is 11.1 Å². The maximum absolute atomic E-state index is 12.9. The first-order valence-electron chi connectivity index (χ1n) is 9.30. The molecule has 0 unspecified atom stereocenters. The standard InChI is InChI=1S/C19H26N4O4/c20-17(26)19(22-10-4-8-15(22)16(25)13-24)9-5-11-23(19)18(27)21-12-14-6-2-1-3-7-14/h1-3,6-7,15,24H,4-5,8-13H2,(H2,20,26)(H,21,27)/t15-,19-/m0/s1. The molecule has 8 nitrogen and oxygen atoms in total. The number of hydrogen-bond acceptors (Lipinski definition) is 5. The Hall–Kier alpha value is -2.45. The molecule has 0 saturated carbocycles. The Kier molecular flexibility index (Phi) is 5.76. The number of likely N-dealkylation sites (tertiary alicyclic amines) is 2. The number of aliphatic hydroxyl groups excluding tert-OH is 1. The summed E-state index contributed by atoms with van der Waals surface area (Å²) in [5, 5.41) is 12.1. The molecule has 27 heavy (non-hydrogen) atoms. The van der Waals surface area contributed by atoms with E-state index in [1.807, 2.05) is 30.3 Å². The van der Waals surface area contributed by atoms with Gasteiger partial charge in [0.25, 0.3) is 5.91 Å². The van der Waals surface area contributed by atoms with Crippen molar-refractivity contribution in [1.29, 1.82) is 0 Å². The van der Waals surface area contributed by atoms with Crippen LogP contribution in [0, 0.1) is 0 Å². The van der Waals surface area contributed by atoms with Gasteiger partial charge in [-0.25, -0.2) is 4.79 Å². The highest BCUT2D eigenvalue weighted by molar-refractivity contribution is 5.92. The number of ketones is 1. The first-order chi connectivity index (χ1) is 13.0. The molecule has 0 aliphatic carbocycles. The molecule has 0 bridgehead atoms. The molecule has 4 N–H and O–H groups in total. The van der Waals surface area contributed by atoms with Gasteiger partial charge in [0.15, 0.2) is 11.4 Å². The number of benzene rings is 1. The van der Waals surface area contributed by atoms with Crippen LogP contribution in [0.4, 0.5) is 4.79 Å². The number of carbonyl (C=O) groups is 3. The molecular formula is C19H26N4O4. The number of nitrogens with two attached hydrogens (primary N) is 1. The van der Waals surface area contributed by atoms with E-state index in [0.717, 1.165) is 5.56 Å². The predicted molar refractivity (Wildman–Crippen MR) is 98.4 cm³/mol. The zero-order valence-electron chi connectivity index (χ0n) is 15.3. The molecule has 0 radical (unpaired) electrons. The number of rotatable bonds is 6. The average molecular weight is 374 g/mol. The van der Waals surface area contributed by atoms with Gasteiger partial charge >= 0.3 is 6.03 Å². The van der Waals surface area contributed by atoms with Crippen molar-refractivity contribution in [2.75, 3.05) is 19.7 Å². The lowest BCUT2D eigenvalue weighted by Gasteiger charge is -2.44. The Morgan fingerprint density at radius 3 is 2.59 bits per heavy atom. The molecule has 8 heteroatoms. The molecule has 1 aromatic carbocycles. The van der Waals surface area contributed by atoms with Crippen molar-refractivity contribution >= 4 is 17.7 Å². The number of Topliss-reactive ketones (excluding diaryl/α,β-unsaturated/α-hetero) is 1. The number of aliphatic hydroxyl groups is 1. The summed E-state index contributed by atoms with van der Waals surface area (Å²) in [6.45, 7) is 0.627. The summed E-state index contributed by atoms with van der Waals surface area (Å²) in [6, 6.07) is 8.52. The molecule has 3 rings (SSSR count). The third kappa shape index (κ3) is 3.54. The minimum Gasteiger partial charge on any atom is -0.389 e. The minimum absolute atomic E-state index is 0.337. The van der Waals surface area contributed by atoms with E-state index in [0.29, 0.717) is 45.3 Å². The van der Waals surface area contributed by atoms with Gasteiger partial charge in [-0.3, -0.25) is 19.4 Å². The van der Waals surface area contributed by atoms with Gasteiger partial charge < -0.3 is 16.2 Å². The zero-order valence-corrected chi connectivity index (χ0v) is 15.3. The van der Waals surface area contributed by atoms with Crippen LogP contribution in [-0.2, 0) is 16.1 Å². The molecule has 2 aliphatic rings. The normalized spacial score (nSPS) is 25.5. The quantitative estimate of drug-likeness (QED) is 0.658.